The number of ether oxygens (including phenoxy) is 2. The number of esters is 2. The number of rotatable bonds is 14. The van der Waals surface area contributed by atoms with Crippen molar-refractivity contribution in [2.75, 3.05) is 13.2 Å². The molecule has 0 fully saturated rings. The molecule has 0 radical (unpaired) electrons. The van der Waals surface area contributed by atoms with Crippen molar-refractivity contribution in [2.24, 2.45) is 5.41 Å². The Labute approximate surface area is 224 Å². The molecule has 0 aromatic rings. The number of ketones is 1. The molecule has 0 aliphatic heterocycles. The molecular formula is C28H42O10. The third-order valence-corrected chi connectivity index (χ3v) is 6.28. The Kier molecular flexibility index (Phi) is 13.8. The van der Waals surface area contributed by atoms with Crippen LogP contribution in [0.2, 0.25) is 0 Å². The van der Waals surface area contributed by atoms with Crippen LogP contribution >= 0.6 is 0 Å². The van der Waals surface area contributed by atoms with Crippen LogP contribution in [0, 0.1) is 5.41 Å². The van der Waals surface area contributed by atoms with Crippen molar-refractivity contribution in [3.8, 4) is 0 Å². The van der Waals surface area contributed by atoms with Gasteiger partial charge in [0, 0.05) is 6.42 Å². The van der Waals surface area contributed by atoms with E-state index in [0.29, 0.717) is 5.57 Å². The van der Waals surface area contributed by atoms with Gasteiger partial charge in [-0.1, -0.05) is 56.7 Å². The van der Waals surface area contributed by atoms with Gasteiger partial charge in [0.1, 0.15) is 31.0 Å². The minimum Gasteiger partial charge on any atom is -0.463 e. The fraction of sp³-hybridized carbons (Fsp3) is 0.607. The maximum atomic E-state index is 12.9. The van der Waals surface area contributed by atoms with Crippen molar-refractivity contribution in [3.63, 3.8) is 0 Å². The van der Waals surface area contributed by atoms with Crippen LogP contribution in [0.5, 0.6) is 0 Å². The van der Waals surface area contributed by atoms with E-state index >= 15 is 0 Å². The molecule has 0 bridgehead atoms. The van der Waals surface area contributed by atoms with E-state index in [1.54, 1.807) is 6.92 Å². The number of hydrogen-bond acceptors (Lipinski definition) is 10. The molecule has 5 atom stereocenters. The first-order valence-corrected chi connectivity index (χ1v) is 12.7. The molecule has 5 unspecified atom stereocenters. The van der Waals surface area contributed by atoms with E-state index in [0.717, 1.165) is 17.6 Å². The molecule has 0 aromatic carbocycles. The van der Waals surface area contributed by atoms with Crippen LogP contribution in [0.4, 0.5) is 0 Å². The second-order valence-electron chi connectivity index (χ2n) is 10.0. The van der Waals surface area contributed by atoms with Crippen LogP contribution in [-0.2, 0) is 23.9 Å². The number of aliphatic hydroxyl groups is 5. The lowest BCUT2D eigenvalue weighted by Crippen LogP contribution is -2.47. The summed E-state index contributed by atoms with van der Waals surface area (Å²) in [7, 11) is 0. The van der Waals surface area contributed by atoms with Gasteiger partial charge in [-0.05, 0) is 36.8 Å². The lowest BCUT2D eigenvalue weighted by molar-refractivity contribution is -0.161. The molecule has 5 N–H and O–H groups in total. The van der Waals surface area contributed by atoms with E-state index in [1.165, 1.54) is 0 Å². The molecule has 10 nitrogen and oxygen atoms in total. The van der Waals surface area contributed by atoms with Crippen molar-refractivity contribution in [1.82, 2.24) is 0 Å². The standard InChI is InChI=1S/C28H42O10/c1-6-7-8-9-17(2)10-11-19-18(3)25(34)22(14-28(19,4)5)38-24(33)13-12-23(32)37-16-21(31)27(36)26(35)20(30)15-29/h7-11,20-22,26-27,29-31,35-36H,6,12-16H2,1-5H3. The third kappa shape index (κ3) is 10.3. The Morgan fingerprint density at radius 3 is 2.29 bits per heavy atom. The highest BCUT2D eigenvalue weighted by Crippen LogP contribution is 2.40. The zero-order chi connectivity index (χ0) is 29.0. The van der Waals surface area contributed by atoms with Crippen molar-refractivity contribution in [2.45, 2.75) is 90.8 Å². The van der Waals surface area contributed by atoms with Gasteiger partial charge >= 0.3 is 11.9 Å². The van der Waals surface area contributed by atoms with Gasteiger partial charge in [-0.15, -0.1) is 0 Å². The summed E-state index contributed by atoms with van der Waals surface area (Å²) in [6.07, 6.45) is 2.22. The fourth-order valence-corrected chi connectivity index (χ4v) is 3.95. The lowest BCUT2D eigenvalue weighted by atomic mass is 9.71. The molecule has 0 heterocycles. The molecule has 1 rings (SSSR count). The van der Waals surface area contributed by atoms with Gasteiger partial charge in [-0.2, -0.15) is 0 Å². The SMILES string of the molecule is CCC=CC=C(C)C=CC1=C(C)C(=O)C(OC(=O)CCC(=O)OCC(O)C(O)C(O)C(O)CO)CC1(C)C. The van der Waals surface area contributed by atoms with E-state index < -0.39 is 67.5 Å². The Morgan fingerprint density at radius 1 is 1.08 bits per heavy atom. The van der Waals surface area contributed by atoms with Gasteiger partial charge in [-0.25, -0.2) is 0 Å². The summed E-state index contributed by atoms with van der Waals surface area (Å²) in [4.78, 5) is 37.2. The second-order valence-corrected chi connectivity index (χ2v) is 10.0. The predicted molar refractivity (Wildman–Crippen MR) is 140 cm³/mol. The zero-order valence-electron chi connectivity index (χ0n) is 22.8. The first-order valence-electron chi connectivity index (χ1n) is 12.7. The largest absolute Gasteiger partial charge is 0.463 e. The predicted octanol–water partition coefficient (Wildman–Crippen LogP) is 1.44. The molecule has 1 aliphatic rings. The molecule has 0 saturated carbocycles. The van der Waals surface area contributed by atoms with Gasteiger partial charge in [0.05, 0.1) is 19.4 Å². The molecular weight excluding hydrogens is 496 g/mol. The molecule has 0 amide bonds. The third-order valence-electron chi connectivity index (χ3n) is 6.28. The number of aliphatic hydroxyl groups excluding tert-OH is 5. The molecule has 214 valence electrons. The van der Waals surface area contributed by atoms with Crippen LogP contribution < -0.4 is 0 Å². The highest BCUT2D eigenvalue weighted by Gasteiger charge is 2.40. The summed E-state index contributed by atoms with van der Waals surface area (Å²) >= 11 is 0. The van der Waals surface area contributed by atoms with Crippen molar-refractivity contribution < 1.29 is 49.4 Å². The summed E-state index contributed by atoms with van der Waals surface area (Å²) in [5.41, 5.74) is 1.96. The van der Waals surface area contributed by atoms with Crippen LogP contribution in [0.1, 0.15) is 60.3 Å². The number of hydrogen-bond donors (Lipinski definition) is 5. The smallest absolute Gasteiger partial charge is 0.307 e. The minimum absolute atomic E-state index is 0.281. The van der Waals surface area contributed by atoms with Gasteiger partial charge in [0.25, 0.3) is 0 Å². The minimum atomic E-state index is -1.87. The Bertz CT molecular complexity index is 943. The first-order chi connectivity index (χ1) is 17.7. The van der Waals surface area contributed by atoms with E-state index in [-0.39, 0.29) is 18.6 Å². The second kappa shape index (κ2) is 15.7. The highest BCUT2D eigenvalue weighted by molar-refractivity contribution is 6.01. The quantitative estimate of drug-likeness (QED) is 0.161. The molecule has 0 aromatic heterocycles. The molecule has 38 heavy (non-hydrogen) atoms. The van der Waals surface area contributed by atoms with Crippen molar-refractivity contribution in [1.29, 1.82) is 0 Å². The normalized spacial score (nSPS) is 21.5. The molecule has 0 spiro atoms. The number of carbonyl (C=O) groups is 3. The average molecular weight is 539 g/mol. The topological polar surface area (TPSA) is 171 Å². The Balaban J connectivity index is 2.67. The highest BCUT2D eigenvalue weighted by atomic mass is 16.6. The van der Waals surface area contributed by atoms with E-state index in [1.807, 2.05) is 51.2 Å². The van der Waals surface area contributed by atoms with Crippen LogP contribution in [-0.4, -0.2) is 87.0 Å². The number of allylic oxidation sites excluding steroid dienone is 7. The van der Waals surface area contributed by atoms with E-state index in [4.69, 9.17) is 14.6 Å². The molecule has 0 saturated heterocycles. The zero-order valence-corrected chi connectivity index (χ0v) is 22.8. The van der Waals surface area contributed by atoms with Gasteiger partial charge in [0.15, 0.2) is 11.9 Å². The monoisotopic (exact) mass is 538 g/mol. The Hall–Kier alpha value is -2.63. The van der Waals surface area contributed by atoms with Crippen LogP contribution in [0.15, 0.2) is 47.1 Å². The van der Waals surface area contributed by atoms with Crippen LogP contribution in [0.25, 0.3) is 0 Å². The summed E-state index contributed by atoms with van der Waals surface area (Å²) in [5, 5.41) is 47.2. The summed E-state index contributed by atoms with van der Waals surface area (Å²) < 4.78 is 10.2. The lowest BCUT2D eigenvalue weighted by Gasteiger charge is -2.36. The van der Waals surface area contributed by atoms with Gasteiger partial charge in [0.2, 0.25) is 0 Å². The maximum Gasteiger partial charge on any atom is 0.307 e. The van der Waals surface area contributed by atoms with E-state index in [9.17, 15) is 34.8 Å². The Morgan fingerprint density at radius 2 is 1.68 bits per heavy atom. The van der Waals surface area contributed by atoms with E-state index in [2.05, 4.69) is 6.92 Å². The maximum absolute atomic E-state index is 12.9. The average Bonchev–Trinajstić information content (AvgIpc) is 2.87. The molecule has 1 aliphatic carbocycles. The summed E-state index contributed by atoms with van der Waals surface area (Å²) in [6.45, 7) is 8.11. The summed E-state index contributed by atoms with van der Waals surface area (Å²) in [6, 6.07) is 0. The summed E-state index contributed by atoms with van der Waals surface area (Å²) in [5.74, 6) is -1.93. The van der Waals surface area contributed by atoms with Crippen molar-refractivity contribution >= 4 is 17.7 Å². The van der Waals surface area contributed by atoms with Gasteiger partial charge < -0.3 is 35.0 Å². The first kappa shape index (κ1) is 33.4. The van der Waals surface area contributed by atoms with Gasteiger partial charge in [-0.3, -0.25) is 14.4 Å². The number of carbonyl (C=O) groups excluding carboxylic acids is 3. The number of Topliss-reactive ketones (excluding diaryl/α,β-unsaturated/α-hetero) is 1. The van der Waals surface area contributed by atoms with Crippen LogP contribution in [0.3, 0.4) is 0 Å². The fourth-order valence-electron chi connectivity index (χ4n) is 3.95. The van der Waals surface area contributed by atoms with Crippen molar-refractivity contribution in [3.05, 3.63) is 47.1 Å². The molecule has 10 heteroatoms.